The van der Waals surface area contributed by atoms with Gasteiger partial charge in [0.2, 0.25) is 5.95 Å². The molecule has 2 heterocycles. The van der Waals surface area contributed by atoms with Gasteiger partial charge in [0.25, 0.3) is 0 Å². The molecule has 5 nitrogen and oxygen atoms in total. The van der Waals surface area contributed by atoms with Crippen LogP contribution in [0.1, 0.15) is 48.9 Å². The van der Waals surface area contributed by atoms with Gasteiger partial charge in [0.05, 0.1) is 4.88 Å². The number of allylic oxidation sites excluding steroid dienone is 2. The van der Waals surface area contributed by atoms with Gasteiger partial charge < -0.3 is 10.4 Å². The second-order valence-corrected chi connectivity index (χ2v) is 8.33. The molecule has 0 aliphatic heterocycles. The van der Waals surface area contributed by atoms with Gasteiger partial charge in [-0.1, -0.05) is 12.1 Å². The third-order valence-corrected chi connectivity index (χ3v) is 5.76. The van der Waals surface area contributed by atoms with Crippen molar-refractivity contribution >= 4 is 28.5 Å². The minimum atomic E-state index is -4.51. The molecule has 32 heavy (non-hydrogen) atoms. The highest BCUT2D eigenvalue weighted by atomic mass is 32.1. The lowest BCUT2D eigenvalue weighted by Gasteiger charge is -2.10. The monoisotopic (exact) mass is 462 g/mol. The van der Waals surface area contributed by atoms with E-state index in [4.69, 9.17) is 5.11 Å². The molecule has 0 saturated heterocycles. The number of nitrogens with one attached hydrogen (secondary N) is 1. The molecule has 0 fully saturated rings. The normalized spacial score (nSPS) is 13.8. The number of hydrogen-bond donors (Lipinski definition) is 2. The van der Waals surface area contributed by atoms with Gasteiger partial charge in [-0.25, -0.2) is 15.0 Å². The third kappa shape index (κ3) is 6.37. The Labute approximate surface area is 189 Å². The molecule has 2 aromatic heterocycles. The highest BCUT2D eigenvalue weighted by Gasteiger charge is 2.32. The zero-order valence-electron chi connectivity index (χ0n) is 17.9. The van der Waals surface area contributed by atoms with Crippen molar-refractivity contribution in [3.63, 3.8) is 0 Å². The zero-order chi connectivity index (χ0) is 23.1. The van der Waals surface area contributed by atoms with Crippen LogP contribution in [0.4, 0.5) is 24.8 Å². The van der Waals surface area contributed by atoms with Crippen LogP contribution in [0, 0.1) is 6.92 Å². The largest absolute Gasteiger partial charge is 0.433 e. The van der Waals surface area contributed by atoms with E-state index in [1.165, 1.54) is 18.4 Å². The van der Waals surface area contributed by atoms with E-state index in [2.05, 4.69) is 26.3 Å². The molecule has 3 aromatic rings. The van der Waals surface area contributed by atoms with Gasteiger partial charge in [0, 0.05) is 24.7 Å². The molecular weight excluding hydrogens is 437 g/mol. The maximum atomic E-state index is 12.9. The van der Waals surface area contributed by atoms with Gasteiger partial charge in [0.15, 0.2) is 0 Å². The van der Waals surface area contributed by atoms with Crippen molar-refractivity contribution in [2.45, 2.75) is 45.7 Å². The Hall–Kier alpha value is -2.78. The minimum absolute atomic E-state index is 0.0891. The van der Waals surface area contributed by atoms with Gasteiger partial charge in [-0.2, -0.15) is 13.2 Å². The summed E-state index contributed by atoms with van der Waals surface area (Å²) in [6.45, 7) is 3.87. The Bertz CT molecular complexity index is 1080. The van der Waals surface area contributed by atoms with E-state index in [-0.39, 0.29) is 12.6 Å². The third-order valence-electron chi connectivity index (χ3n) is 4.64. The van der Waals surface area contributed by atoms with Crippen molar-refractivity contribution in [1.29, 1.82) is 0 Å². The lowest BCUT2D eigenvalue weighted by Crippen LogP contribution is -2.10. The first-order valence-corrected chi connectivity index (χ1v) is 11.2. The number of aromatic nitrogens is 3. The predicted octanol–water partition coefficient (Wildman–Crippen LogP) is 6.63. The molecule has 0 saturated carbocycles. The number of nitrogens with zero attached hydrogens (tertiary/aromatic N) is 3. The number of aryl methyl sites for hydroxylation is 1. The molecule has 1 aliphatic carbocycles. The fraction of sp³-hybridized carbons (Fsp3) is 0.348. The van der Waals surface area contributed by atoms with Gasteiger partial charge in [-0.3, -0.25) is 0 Å². The fourth-order valence-corrected chi connectivity index (χ4v) is 4.26. The number of anilines is 2. The number of thiazole rings is 1. The molecule has 2 N–H and O–H groups in total. The molecule has 170 valence electrons. The van der Waals surface area contributed by atoms with E-state index in [0.29, 0.717) is 5.69 Å². The summed E-state index contributed by atoms with van der Waals surface area (Å²) in [5, 5.41) is 11.5. The maximum Gasteiger partial charge on any atom is 0.433 e. The van der Waals surface area contributed by atoms with Gasteiger partial charge >= 0.3 is 6.18 Å². The van der Waals surface area contributed by atoms with Gasteiger partial charge in [0.1, 0.15) is 10.7 Å². The van der Waals surface area contributed by atoms with Crippen LogP contribution in [0.2, 0.25) is 0 Å². The molecule has 1 aliphatic rings. The van der Waals surface area contributed by atoms with Crippen molar-refractivity contribution in [2.24, 2.45) is 0 Å². The van der Waals surface area contributed by atoms with Crippen molar-refractivity contribution in [3.05, 3.63) is 59.0 Å². The first-order valence-electron chi connectivity index (χ1n) is 10.4. The van der Waals surface area contributed by atoms with Crippen molar-refractivity contribution in [3.8, 4) is 10.4 Å². The summed E-state index contributed by atoms with van der Waals surface area (Å²) < 4.78 is 38.7. The minimum Gasteiger partial charge on any atom is -0.397 e. The molecule has 0 bridgehead atoms. The van der Waals surface area contributed by atoms with Gasteiger partial charge in [-0.15, -0.1) is 11.3 Å². The van der Waals surface area contributed by atoms with Crippen molar-refractivity contribution in [2.75, 3.05) is 11.9 Å². The molecular formula is C23H25F3N4OS. The summed E-state index contributed by atoms with van der Waals surface area (Å²) in [6.07, 6.45) is 5.28. The standard InChI is InChI=1S/C21H19F3N4S.C2H6O/c1-13-9-15(17-12-26-19(29-17)14-5-3-2-4-6-14)11-16(10-13)27-20-25-8-7-18(28-20)21(22,23)24;1-2-3/h5,7-12H,2-4,6H2,1H3,(H,25,27,28);3H,2H2,1H3. The Balaban J connectivity index is 0.000000913. The highest BCUT2D eigenvalue weighted by molar-refractivity contribution is 7.16. The molecule has 0 radical (unpaired) electrons. The molecule has 1 aromatic carbocycles. The smallest absolute Gasteiger partial charge is 0.397 e. The number of halogens is 3. The maximum absolute atomic E-state index is 12.9. The number of rotatable bonds is 4. The summed E-state index contributed by atoms with van der Waals surface area (Å²) >= 11 is 1.63. The van der Waals surface area contributed by atoms with Crippen LogP contribution in [-0.4, -0.2) is 26.7 Å². The van der Waals surface area contributed by atoms with Crippen LogP contribution in [0.5, 0.6) is 0 Å². The van der Waals surface area contributed by atoms with Gasteiger partial charge in [-0.05, 0) is 74.4 Å². The summed E-state index contributed by atoms with van der Waals surface area (Å²) in [7, 11) is 0. The molecule has 4 rings (SSSR count). The zero-order valence-corrected chi connectivity index (χ0v) is 18.7. The number of hydrogen-bond acceptors (Lipinski definition) is 6. The number of aliphatic hydroxyl groups excluding tert-OH is 1. The lowest BCUT2D eigenvalue weighted by molar-refractivity contribution is -0.141. The molecule has 0 amide bonds. The van der Waals surface area contributed by atoms with Crippen LogP contribution < -0.4 is 5.32 Å². The fourth-order valence-electron chi connectivity index (χ4n) is 3.29. The summed E-state index contributed by atoms with van der Waals surface area (Å²) in [4.78, 5) is 13.1. The predicted molar refractivity (Wildman–Crippen MR) is 122 cm³/mol. The lowest BCUT2D eigenvalue weighted by atomic mass is 10.0. The summed E-state index contributed by atoms with van der Waals surface area (Å²) in [5.74, 6) is -0.0891. The van der Waals surface area contributed by atoms with Crippen LogP contribution in [0.3, 0.4) is 0 Å². The summed E-state index contributed by atoms with van der Waals surface area (Å²) in [5.41, 5.74) is 2.89. The number of benzene rings is 1. The van der Waals surface area contributed by atoms with Crippen molar-refractivity contribution in [1.82, 2.24) is 15.0 Å². The first kappa shape index (κ1) is 23.9. The Morgan fingerprint density at radius 2 is 1.94 bits per heavy atom. The second-order valence-electron chi connectivity index (χ2n) is 7.30. The summed E-state index contributed by atoms with van der Waals surface area (Å²) in [6, 6.07) is 6.61. The topological polar surface area (TPSA) is 70.9 Å². The molecule has 0 spiro atoms. The Morgan fingerprint density at radius 3 is 2.62 bits per heavy atom. The van der Waals surface area contributed by atoms with Crippen molar-refractivity contribution < 1.29 is 18.3 Å². The van der Waals surface area contributed by atoms with E-state index in [0.717, 1.165) is 46.1 Å². The quantitative estimate of drug-likeness (QED) is 0.456. The van der Waals surface area contributed by atoms with E-state index in [1.54, 1.807) is 18.3 Å². The molecule has 0 atom stereocenters. The highest BCUT2D eigenvalue weighted by Crippen LogP contribution is 2.35. The van der Waals surface area contributed by atoms with E-state index in [1.807, 2.05) is 31.3 Å². The van der Waals surface area contributed by atoms with Crippen LogP contribution >= 0.6 is 11.3 Å². The molecule has 0 unspecified atom stereocenters. The second kappa shape index (κ2) is 10.7. The SMILES string of the molecule is CCO.Cc1cc(Nc2nccc(C(F)(F)F)n2)cc(-c2cnc(C3=CCCCC3)s2)c1. The number of alkyl halides is 3. The van der Waals surface area contributed by atoms with Crippen LogP contribution in [-0.2, 0) is 6.18 Å². The Morgan fingerprint density at radius 1 is 1.16 bits per heavy atom. The van der Waals surface area contributed by atoms with Crippen LogP contribution in [0.15, 0.2) is 42.7 Å². The average molecular weight is 463 g/mol. The van der Waals surface area contributed by atoms with E-state index >= 15 is 0 Å². The first-order chi connectivity index (χ1) is 15.3. The molecule has 9 heteroatoms. The Kier molecular flexibility index (Phi) is 7.98. The van der Waals surface area contributed by atoms with Crippen LogP contribution in [0.25, 0.3) is 16.0 Å². The van der Waals surface area contributed by atoms with E-state index in [9.17, 15) is 13.2 Å². The van der Waals surface area contributed by atoms with E-state index < -0.39 is 11.9 Å². The average Bonchev–Trinajstić information content (AvgIpc) is 3.25. The number of aliphatic hydroxyl groups is 1.